The van der Waals surface area contributed by atoms with Crippen molar-refractivity contribution in [1.82, 2.24) is 0 Å². The summed E-state index contributed by atoms with van der Waals surface area (Å²) >= 11 is 0. The van der Waals surface area contributed by atoms with Crippen LogP contribution in [0.25, 0.3) is 0 Å². The lowest BCUT2D eigenvalue weighted by molar-refractivity contribution is -0.255. The Kier molecular flexibility index (Phi) is 5.99. The molecule has 3 saturated carbocycles. The van der Waals surface area contributed by atoms with Crippen LogP contribution in [0.4, 0.5) is 0 Å². The van der Waals surface area contributed by atoms with E-state index in [0.29, 0.717) is 19.3 Å². The van der Waals surface area contributed by atoms with E-state index in [1.54, 1.807) is 13.8 Å². The Morgan fingerprint density at radius 2 is 1.69 bits per heavy atom. The Balaban J connectivity index is 1.36. The molecular weight excluding hydrogens is 508 g/mol. The standard InChI is InChI=1S/C29H44O10/c1-13-10-15(37-24(13)34)21(31)14(2)20-22(32)23(33)29(36)17-7-6-16-25(3,4)38-18-11-19(30)39-28(16,18)12-27(17,35)9-8-26(20,29)5/h13-18,20-23,31-33,35-36H,6-12H2,1-5H3. The van der Waals surface area contributed by atoms with Crippen LogP contribution in [0.15, 0.2) is 0 Å². The molecule has 14 unspecified atom stereocenters. The first-order valence-corrected chi connectivity index (χ1v) is 14.6. The minimum atomic E-state index is -1.86. The molecule has 39 heavy (non-hydrogen) atoms. The van der Waals surface area contributed by atoms with E-state index in [2.05, 4.69) is 0 Å². The number of hydrogen-bond acceptors (Lipinski definition) is 10. The van der Waals surface area contributed by atoms with Crippen LogP contribution in [0.1, 0.15) is 79.6 Å². The molecule has 3 saturated heterocycles. The van der Waals surface area contributed by atoms with Gasteiger partial charge in [0.15, 0.2) is 0 Å². The van der Waals surface area contributed by atoms with Gasteiger partial charge in [0.05, 0.1) is 35.7 Å². The molecule has 10 heteroatoms. The minimum absolute atomic E-state index is 0.0924. The third-order valence-electron chi connectivity index (χ3n) is 12.2. The molecule has 5 N–H and O–H groups in total. The Bertz CT molecular complexity index is 1060. The van der Waals surface area contributed by atoms with Gasteiger partial charge in [0.1, 0.15) is 29.5 Å². The van der Waals surface area contributed by atoms with Gasteiger partial charge in [-0.1, -0.05) is 20.8 Å². The third-order valence-corrected chi connectivity index (χ3v) is 12.2. The summed E-state index contributed by atoms with van der Waals surface area (Å²) in [4.78, 5) is 24.5. The van der Waals surface area contributed by atoms with Gasteiger partial charge in [-0.05, 0) is 51.9 Å². The monoisotopic (exact) mass is 552 g/mol. The van der Waals surface area contributed by atoms with Crippen molar-refractivity contribution in [2.45, 2.75) is 132 Å². The molecule has 6 rings (SSSR count). The van der Waals surface area contributed by atoms with Gasteiger partial charge in [0.25, 0.3) is 0 Å². The number of hydrogen-bond donors (Lipinski definition) is 5. The fraction of sp³-hybridized carbons (Fsp3) is 0.931. The molecule has 0 aromatic carbocycles. The molecule has 3 aliphatic carbocycles. The van der Waals surface area contributed by atoms with Crippen LogP contribution in [-0.4, -0.2) is 90.4 Å². The van der Waals surface area contributed by atoms with E-state index in [9.17, 15) is 35.1 Å². The van der Waals surface area contributed by atoms with E-state index >= 15 is 0 Å². The molecule has 220 valence electrons. The van der Waals surface area contributed by atoms with Crippen LogP contribution >= 0.6 is 0 Å². The van der Waals surface area contributed by atoms with E-state index in [1.165, 1.54) is 0 Å². The second-order valence-corrected chi connectivity index (χ2v) is 14.5. The fourth-order valence-corrected chi connectivity index (χ4v) is 10.4. The summed E-state index contributed by atoms with van der Waals surface area (Å²) in [6.07, 6.45) is -3.27. The van der Waals surface area contributed by atoms with E-state index in [4.69, 9.17) is 14.2 Å². The van der Waals surface area contributed by atoms with Gasteiger partial charge in [-0.2, -0.15) is 0 Å². The zero-order valence-corrected chi connectivity index (χ0v) is 23.5. The van der Waals surface area contributed by atoms with Gasteiger partial charge in [0, 0.05) is 29.6 Å². The first-order chi connectivity index (χ1) is 18.0. The average molecular weight is 553 g/mol. The predicted molar refractivity (Wildman–Crippen MR) is 135 cm³/mol. The third kappa shape index (κ3) is 3.42. The van der Waals surface area contributed by atoms with Gasteiger partial charge in [0.2, 0.25) is 0 Å². The van der Waals surface area contributed by atoms with Crippen molar-refractivity contribution in [2.75, 3.05) is 0 Å². The van der Waals surface area contributed by atoms with Crippen LogP contribution in [0.3, 0.4) is 0 Å². The highest BCUT2D eigenvalue weighted by atomic mass is 16.6. The molecule has 0 radical (unpaired) electrons. The summed E-state index contributed by atoms with van der Waals surface area (Å²) in [5.74, 6) is -3.40. The maximum atomic E-state index is 12.6. The van der Waals surface area contributed by atoms with Crippen molar-refractivity contribution in [3.05, 3.63) is 0 Å². The Morgan fingerprint density at radius 1 is 1.03 bits per heavy atom. The number of cyclic esters (lactones) is 1. The van der Waals surface area contributed by atoms with E-state index in [-0.39, 0.29) is 49.5 Å². The first-order valence-electron chi connectivity index (χ1n) is 14.6. The number of esters is 2. The fourth-order valence-electron chi connectivity index (χ4n) is 10.4. The van der Waals surface area contributed by atoms with Crippen LogP contribution in [0, 0.1) is 35.0 Å². The van der Waals surface area contributed by atoms with Gasteiger partial charge in [-0.15, -0.1) is 0 Å². The summed E-state index contributed by atoms with van der Waals surface area (Å²) < 4.78 is 17.7. The van der Waals surface area contributed by atoms with Crippen LogP contribution < -0.4 is 0 Å². The molecule has 3 heterocycles. The van der Waals surface area contributed by atoms with E-state index in [0.717, 1.165) is 0 Å². The van der Waals surface area contributed by atoms with Crippen molar-refractivity contribution in [1.29, 1.82) is 0 Å². The maximum Gasteiger partial charge on any atom is 0.309 e. The SMILES string of the molecule is CC1CC(C(O)C(C)C2C(O)C(O)C3(O)C4CCC5C(C)(C)OC6CC(=O)OC65CC4(O)CCC23C)OC1=O. The molecule has 0 bridgehead atoms. The topological polar surface area (TPSA) is 163 Å². The van der Waals surface area contributed by atoms with Crippen molar-refractivity contribution in [2.24, 2.45) is 35.0 Å². The number of aliphatic hydroxyl groups is 5. The van der Waals surface area contributed by atoms with Crippen LogP contribution in [0.2, 0.25) is 0 Å². The smallest absolute Gasteiger partial charge is 0.309 e. The average Bonchev–Trinajstić information content (AvgIpc) is 3.40. The second kappa shape index (κ2) is 8.38. The normalized spacial score (nSPS) is 55.5. The quantitative estimate of drug-likeness (QED) is 0.317. The number of carbonyl (C=O) groups excluding carboxylic acids is 2. The number of ether oxygens (including phenoxy) is 3. The Morgan fingerprint density at radius 3 is 2.33 bits per heavy atom. The molecule has 0 amide bonds. The molecule has 6 fully saturated rings. The summed E-state index contributed by atoms with van der Waals surface area (Å²) in [5.41, 5.74) is -6.00. The van der Waals surface area contributed by atoms with E-state index in [1.807, 2.05) is 20.8 Å². The van der Waals surface area contributed by atoms with Crippen LogP contribution in [0.5, 0.6) is 0 Å². The first kappa shape index (κ1) is 27.8. The maximum absolute atomic E-state index is 12.6. The highest BCUT2D eigenvalue weighted by Gasteiger charge is 2.78. The molecule has 10 nitrogen and oxygen atoms in total. The van der Waals surface area contributed by atoms with Gasteiger partial charge < -0.3 is 39.7 Å². The van der Waals surface area contributed by atoms with Gasteiger partial charge >= 0.3 is 11.9 Å². The number of fused-ring (bicyclic) bond motifs is 3. The largest absolute Gasteiger partial charge is 0.459 e. The Labute approximate surface area is 229 Å². The predicted octanol–water partition coefficient (Wildman–Crippen LogP) is 0.828. The number of rotatable bonds is 3. The Hall–Kier alpha value is -1.30. The number of carbonyl (C=O) groups is 2. The lowest BCUT2D eigenvalue weighted by Gasteiger charge is -2.59. The highest BCUT2D eigenvalue weighted by molar-refractivity contribution is 5.74. The minimum Gasteiger partial charge on any atom is -0.459 e. The molecule has 1 spiro atoms. The molecule has 6 aliphatic rings. The summed E-state index contributed by atoms with van der Waals surface area (Å²) in [6.45, 7) is 9.27. The van der Waals surface area contributed by atoms with Crippen LogP contribution in [-0.2, 0) is 23.8 Å². The highest BCUT2D eigenvalue weighted by Crippen LogP contribution is 2.69. The molecule has 0 aromatic heterocycles. The van der Waals surface area contributed by atoms with Gasteiger partial charge in [-0.25, -0.2) is 0 Å². The molecule has 3 aliphatic heterocycles. The lowest BCUT2D eigenvalue weighted by Crippen LogP contribution is -2.68. The van der Waals surface area contributed by atoms with Crippen molar-refractivity contribution in [3.63, 3.8) is 0 Å². The number of aliphatic hydroxyl groups excluding tert-OH is 3. The zero-order valence-electron chi connectivity index (χ0n) is 23.5. The zero-order chi connectivity index (χ0) is 28.5. The molecule has 0 aromatic rings. The van der Waals surface area contributed by atoms with Gasteiger partial charge in [-0.3, -0.25) is 9.59 Å². The summed E-state index contributed by atoms with van der Waals surface area (Å²) in [5, 5.41) is 59.1. The molecule has 14 atom stereocenters. The second-order valence-electron chi connectivity index (χ2n) is 14.5. The van der Waals surface area contributed by atoms with Crippen molar-refractivity contribution < 1.29 is 49.3 Å². The summed E-state index contributed by atoms with van der Waals surface area (Å²) in [7, 11) is 0. The van der Waals surface area contributed by atoms with E-state index < -0.39 is 76.1 Å². The summed E-state index contributed by atoms with van der Waals surface area (Å²) in [6, 6.07) is 0. The lowest BCUT2D eigenvalue weighted by atomic mass is 9.50. The van der Waals surface area contributed by atoms with Crippen molar-refractivity contribution >= 4 is 11.9 Å². The van der Waals surface area contributed by atoms with Crippen molar-refractivity contribution in [3.8, 4) is 0 Å². The molecular formula is C29H44O10.